The van der Waals surface area contributed by atoms with Gasteiger partial charge in [-0.3, -0.25) is 0 Å². The topological polar surface area (TPSA) is 120 Å². The van der Waals surface area contributed by atoms with Crippen molar-refractivity contribution in [3.8, 4) is 22.5 Å². The Morgan fingerprint density at radius 2 is 1.73 bits per heavy atom. The molecule has 3 aromatic heterocycles. The van der Waals surface area contributed by atoms with E-state index in [0.717, 1.165) is 59.5 Å². The predicted molar refractivity (Wildman–Crippen MR) is 130 cm³/mol. The van der Waals surface area contributed by atoms with E-state index < -0.39 is 0 Å². The number of aryl methyl sites for hydroxylation is 2. The van der Waals surface area contributed by atoms with E-state index in [9.17, 15) is 0 Å². The van der Waals surface area contributed by atoms with Gasteiger partial charge in [0.15, 0.2) is 11.5 Å². The second kappa shape index (κ2) is 9.70. The maximum Gasteiger partial charge on any atom is 0.180 e. The zero-order chi connectivity index (χ0) is 21.9. The zero-order valence-electron chi connectivity index (χ0n) is 19.0. The van der Waals surface area contributed by atoms with E-state index >= 15 is 0 Å². The molecular weight excluding hydrogens is 412 g/mol. The predicted octanol–water partition coefficient (Wildman–Crippen LogP) is 5.00. The van der Waals surface area contributed by atoms with E-state index in [1.54, 1.807) is 0 Å². The number of nitrogens with one attached hydrogen (secondary N) is 1. The number of hydrogen-bond donors (Lipinski definition) is 2. The molecule has 3 heterocycles. The standard InChI is InChI=1S/C25H25N7.H3N/c1-3-7-19-14-15-26-25-23(19)27-22(4-2)32(25)16-17-10-12-18(13-11-17)20-8-5-6-9-21(20)24-28-30-31-29-24;/h5-6,8-15H,3-4,7,16H2,1-2H3,(H,28,29,30,31);1H3. The first-order valence-corrected chi connectivity index (χ1v) is 11.0. The fourth-order valence-corrected chi connectivity index (χ4v) is 4.21. The summed E-state index contributed by atoms with van der Waals surface area (Å²) in [5.74, 6) is 1.74. The molecule has 33 heavy (non-hydrogen) atoms. The molecule has 0 spiro atoms. The summed E-state index contributed by atoms with van der Waals surface area (Å²) in [4.78, 5) is 9.60. The number of imidazole rings is 1. The van der Waals surface area contributed by atoms with Crippen LogP contribution in [0.3, 0.4) is 0 Å². The lowest BCUT2D eigenvalue weighted by Crippen LogP contribution is -2.05. The first kappa shape index (κ1) is 22.3. The Labute approximate surface area is 192 Å². The maximum atomic E-state index is 4.93. The van der Waals surface area contributed by atoms with Gasteiger partial charge in [0.2, 0.25) is 0 Å². The van der Waals surface area contributed by atoms with Crippen LogP contribution in [0, 0.1) is 0 Å². The quantitative estimate of drug-likeness (QED) is 0.367. The van der Waals surface area contributed by atoms with Gasteiger partial charge in [0.05, 0.1) is 6.54 Å². The first-order chi connectivity index (χ1) is 15.8. The molecule has 0 saturated carbocycles. The number of H-pyrrole nitrogens is 1. The minimum atomic E-state index is 0. The molecule has 0 fully saturated rings. The Balaban J connectivity index is 0.00000259. The summed E-state index contributed by atoms with van der Waals surface area (Å²) >= 11 is 0. The Kier molecular flexibility index (Phi) is 6.55. The van der Waals surface area contributed by atoms with Gasteiger partial charge < -0.3 is 10.7 Å². The third kappa shape index (κ3) is 4.25. The molecule has 5 rings (SSSR count). The number of tetrazole rings is 1. The Bertz CT molecular complexity index is 1340. The van der Waals surface area contributed by atoms with Crippen molar-refractivity contribution >= 4 is 11.2 Å². The van der Waals surface area contributed by atoms with Gasteiger partial charge in [0, 0.05) is 18.2 Å². The van der Waals surface area contributed by atoms with Crippen LogP contribution in [-0.4, -0.2) is 35.2 Å². The summed E-state index contributed by atoms with van der Waals surface area (Å²) in [6, 6.07) is 18.9. The molecule has 2 aromatic carbocycles. The molecule has 5 aromatic rings. The number of fused-ring (bicyclic) bond motifs is 1. The van der Waals surface area contributed by atoms with Crippen molar-refractivity contribution in [1.29, 1.82) is 0 Å². The van der Waals surface area contributed by atoms with E-state index in [0.29, 0.717) is 5.82 Å². The van der Waals surface area contributed by atoms with Gasteiger partial charge in [-0.2, -0.15) is 0 Å². The molecule has 0 radical (unpaired) electrons. The highest BCUT2D eigenvalue weighted by atomic mass is 15.5. The summed E-state index contributed by atoms with van der Waals surface area (Å²) in [5.41, 5.74) is 7.69. The van der Waals surface area contributed by atoms with E-state index in [1.807, 2.05) is 24.4 Å². The van der Waals surface area contributed by atoms with Crippen LogP contribution < -0.4 is 6.15 Å². The molecule has 0 bridgehead atoms. The Morgan fingerprint density at radius 3 is 2.42 bits per heavy atom. The fraction of sp³-hybridized carbons (Fsp3) is 0.240. The largest absolute Gasteiger partial charge is 0.344 e. The highest BCUT2D eigenvalue weighted by Crippen LogP contribution is 2.30. The van der Waals surface area contributed by atoms with Crippen LogP contribution in [0.1, 0.15) is 37.2 Å². The number of benzene rings is 2. The van der Waals surface area contributed by atoms with E-state index in [4.69, 9.17) is 4.98 Å². The molecular formula is C25H28N8. The molecule has 0 amide bonds. The van der Waals surface area contributed by atoms with Crippen molar-refractivity contribution in [3.05, 3.63) is 77.7 Å². The summed E-state index contributed by atoms with van der Waals surface area (Å²) in [6.07, 6.45) is 4.90. The number of hydrogen-bond acceptors (Lipinski definition) is 6. The summed E-state index contributed by atoms with van der Waals surface area (Å²) in [6.45, 7) is 5.09. The van der Waals surface area contributed by atoms with Crippen LogP contribution in [-0.2, 0) is 19.4 Å². The summed E-state index contributed by atoms with van der Waals surface area (Å²) in [5, 5.41) is 14.4. The van der Waals surface area contributed by atoms with Crippen LogP contribution in [0.2, 0.25) is 0 Å². The minimum Gasteiger partial charge on any atom is -0.344 e. The van der Waals surface area contributed by atoms with Crippen LogP contribution >= 0.6 is 0 Å². The van der Waals surface area contributed by atoms with Crippen molar-refractivity contribution in [2.45, 2.75) is 39.7 Å². The van der Waals surface area contributed by atoms with Crippen LogP contribution in [0.25, 0.3) is 33.7 Å². The summed E-state index contributed by atoms with van der Waals surface area (Å²) < 4.78 is 2.25. The van der Waals surface area contributed by atoms with Gasteiger partial charge in [-0.25, -0.2) is 15.1 Å². The Morgan fingerprint density at radius 1 is 0.939 bits per heavy atom. The molecule has 0 unspecified atom stereocenters. The lowest BCUT2D eigenvalue weighted by Gasteiger charge is -2.10. The van der Waals surface area contributed by atoms with Gasteiger partial charge >= 0.3 is 0 Å². The van der Waals surface area contributed by atoms with Gasteiger partial charge in [0.25, 0.3) is 0 Å². The first-order valence-electron chi connectivity index (χ1n) is 11.0. The van der Waals surface area contributed by atoms with Crippen molar-refractivity contribution < 1.29 is 0 Å². The molecule has 4 N–H and O–H groups in total. The van der Waals surface area contributed by atoms with Crippen LogP contribution in [0.4, 0.5) is 0 Å². The maximum absolute atomic E-state index is 4.93. The normalized spacial score (nSPS) is 11.0. The lowest BCUT2D eigenvalue weighted by molar-refractivity contribution is 0.746. The van der Waals surface area contributed by atoms with Gasteiger partial charge in [-0.1, -0.05) is 68.8 Å². The number of rotatable bonds is 7. The molecule has 0 aliphatic rings. The number of aromatic nitrogens is 7. The monoisotopic (exact) mass is 440 g/mol. The zero-order valence-corrected chi connectivity index (χ0v) is 19.0. The molecule has 0 aliphatic carbocycles. The molecule has 0 aliphatic heterocycles. The third-order valence-corrected chi connectivity index (χ3v) is 5.77. The average Bonchev–Trinajstić information content (AvgIpc) is 3.49. The van der Waals surface area contributed by atoms with Gasteiger partial charge in [0.1, 0.15) is 11.3 Å². The minimum absolute atomic E-state index is 0. The van der Waals surface area contributed by atoms with E-state index in [2.05, 4.69) is 80.4 Å². The van der Waals surface area contributed by atoms with E-state index in [-0.39, 0.29) is 6.15 Å². The molecule has 8 nitrogen and oxygen atoms in total. The Hall–Kier alpha value is -3.91. The van der Waals surface area contributed by atoms with Crippen LogP contribution in [0.5, 0.6) is 0 Å². The van der Waals surface area contributed by atoms with Crippen molar-refractivity contribution in [2.75, 3.05) is 0 Å². The lowest BCUT2D eigenvalue weighted by atomic mass is 9.98. The highest BCUT2D eigenvalue weighted by molar-refractivity contribution is 5.80. The second-order valence-corrected chi connectivity index (χ2v) is 7.85. The molecule has 0 atom stereocenters. The molecule has 8 heteroatoms. The highest BCUT2D eigenvalue weighted by Gasteiger charge is 2.14. The number of nitrogens with zero attached hydrogens (tertiary/aromatic N) is 6. The smallest absolute Gasteiger partial charge is 0.180 e. The van der Waals surface area contributed by atoms with Gasteiger partial charge in [-0.15, -0.1) is 5.10 Å². The number of aromatic amines is 1. The average molecular weight is 441 g/mol. The van der Waals surface area contributed by atoms with Crippen LogP contribution in [0.15, 0.2) is 60.8 Å². The summed E-state index contributed by atoms with van der Waals surface area (Å²) in [7, 11) is 0. The third-order valence-electron chi connectivity index (χ3n) is 5.77. The molecule has 0 saturated heterocycles. The second-order valence-electron chi connectivity index (χ2n) is 7.85. The van der Waals surface area contributed by atoms with Crippen molar-refractivity contribution in [2.24, 2.45) is 0 Å². The van der Waals surface area contributed by atoms with Crippen molar-refractivity contribution in [1.82, 2.24) is 41.3 Å². The fourth-order valence-electron chi connectivity index (χ4n) is 4.21. The van der Waals surface area contributed by atoms with Crippen molar-refractivity contribution in [3.63, 3.8) is 0 Å². The number of pyridine rings is 1. The SMILES string of the molecule is CCCc1ccnc2c1nc(CC)n2Cc1ccc(-c2ccccc2-c2nnn[nH]2)cc1.N. The molecule has 168 valence electrons. The van der Waals surface area contributed by atoms with Gasteiger partial charge in [-0.05, 0) is 45.2 Å². The van der Waals surface area contributed by atoms with E-state index in [1.165, 1.54) is 11.1 Å².